The van der Waals surface area contributed by atoms with Crippen LogP contribution in [0.2, 0.25) is 0 Å². The molecular weight excluding hydrogens is 204 g/mol. The molecule has 0 aromatic carbocycles. The van der Waals surface area contributed by atoms with Crippen LogP contribution in [0.5, 0.6) is 0 Å². The zero-order chi connectivity index (χ0) is 12.2. The van der Waals surface area contributed by atoms with Crippen molar-refractivity contribution in [1.29, 1.82) is 0 Å². The molecule has 0 atom stereocenters. The van der Waals surface area contributed by atoms with Crippen LogP contribution in [0.4, 0.5) is 0 Å². The van der Waals surface area contributed by atoms with Crippen LogP contribution in [-0.2, 0) is 14.4 Å². The second kappa shape index (κ2) is 5.07. The summed E-state index contributed by atoms with van der Waals surface area (Å²) < 4.78 is 0. The van der Waals surface area contributed by atoms with Gasteiger partial charge in [-0.15, -0.1) is 12.3 Å². The lowest BCUT2D eigenvalue weighted by Crippen LogP contribution is -2.42. The first-order valence-corrected chi connectivity index (χ1v) is 5.52. The van der Waals surface area contributed by atoms with E-state index >= 15 is 0 Å². The fourth-order valence-corrected chi connectivity index (χ4v) is 2.17. The molecule has 0 saturated heterocycles. The summed E-state index contributed by atoms with van der Waals surface area (Å²) in [5.41, 5.74) is -1.06. The highest BCUT2D eigenvalue weighted by Gasteiger charge is 2.45. The number of terminal acetylenes is 1. The van der Waals surface area contributed by atoms with Crippen molar-refractivity contribution in [3.63, 3.8) is 0 Å². The summed E-state index contributed by atoms with van der Waals surface area (Å²) in [4.78, 5) is 34.8. The van der Waals surface area contributed by atoms with Crippen molar-refractivity contribution in [1.82, 2.24) is 0 Å². The molecule has 0 bridgehead atoms. The van der Waals surface area contributed by atoms with Crippen molar-refractivity contribution in [2.45, 2.75) is 45.4 Å². The van der Waals surface area contributed by atoms with Gasteiger partial charge in [0.15, 0.2) is 0 Å². The number of hydrogen-bond donors (Lipinski definition) is 0. The number of hydrogen-bond acceptors (Lipinski definition) is 3. The summed E-state index contributed by atoms with van der Waals surface area (Å²) >= 11 is 0. The fraction of sp³-hybridized carbons (Fsp3) is 0.615. The van der Waals surface area contributed by atoms with Gasteiger partial charge in [0.2, 0.25) is 0 Å². The van der Waals surface area contributed by atoms with Gasteiger partial charge < -0.3 is 4.79 Å². The molecule has 16 heavy (non-hydrogen) atoms. The molecular formula is C13H16O3. The summed E-state index contributed by atoms with van der Waals surface area (Å²) in [6.07, 6.45) is 7.34. The first kappa shape index (κ1) is 12.6. The number of carbonyl (C=O) groups is 3. The van der Waals surface area contributed by atoms with Crippen molar-refractivity contribution in [2.24, 2.45) is 5.41 Å². The van der Waals surface area contributed by atoms with Crippen LogP contribution in [-0.4, -0.2) is 17.3 Å². The average molecular weight is 220 g/mol. The Morgan fingerprint density at radius 1 is 1.38 bits per heavy atom. The lowest BCUT2D eigenvalue weighted by atomic mass is 9.67. The molecule has 0 aliphatic heterocycles. The molecule has 0 unspecified atom stereocenters. The van der Waals surface area contributed by atoms with Crippen LogP contribution >= 0.6 is 0 Å². The standard InChI is InChI=1S/C13H16O3/c1-3-8-13(9-7-10(2)14)11(15)5-4-6-12(13)16/h1H,4-9H2,2H3. The Hall–Kier alpha value is -1.43. The van der Waals surface area contributed by atoms with Crippen molar-refractivity contribution >= 4 is 17.3 Å². The van der Waals surface area contributed by atoms with Gasteiger partial charge in [-0.3, -0.25) is 9.59 Å². The van der Waals surface area contributed by atoms with Crippen LogP contribution in [0.3, 0.4) is 0 Å². The van der Waals surface area contributed by atoms with Crippen LogP contribution in [0, 0.1) is 17.8 Å². The average Bonchev–Trinajstić information content (AvgIpc) is 2.22. The van der Waals surface area contributed by atoms with Crippen LogP contribution in [0.25, 0.3) is 0 Å². The molecule has 3 heteroatoms. The summed E-state index contributed by atoms with van der Waals surface area (Å²) in [5.74, 6) is 2.24. The Bertz CT molecular complexity index is 344. The van der Waals surface area contributed by atoms with Gasteiger partial charge in [0.25, 0.3) is 0 Å². The minimum absolute atomic E-state index is 0.0115. The third-order valence-corrected chi connectivity index (χ3v) is 3.18. The van der Waals surface area contributed by atoms with Gasteiger partial charge in [-0.05, 0) is 19.8 Å². The predicted molar refractivity (Wildman–Crippen MR) is 59.7 cm³/mol. The quantitative estimate of drug-likeness (QED) is 0.535. The number of rotatable bonds is 4. The summed E-state index contributed by atoms with van der Waals surface area (Å²) in [6, 6.07) is 0. The molecule has 1 rings (SSSR count). The van der Waals surface area contributed by atoms with E-state index < -0.39 is 5.41 Å². The topological polar surface area (TPSA) is 51.2 Å². The molecule has 0 aromatic heterocycles. The minimum Gasteiger partial charge on any atom is -0.300 e. The zero-order valence-electron chi connectivity index (χ0n) is 9.54. The van der Waals surface area contributed by atoms with Crippen LogP contribution < -0.4 is 0 Å². The summed E-state index contributed by atoms with van der Waals surface area (Å²) in [5, 5.41) is 0. The van der Waals surface area contributed by atoms with E-state index in [1.807, 2.05) is 0 Å². The van der Waals surface area contributed by atoms with Gasteiger partial charge >= 0.3 is 0 Å². The van der Waals surface area contributed by atoms with E-state index in [1.165, 1.54) is 6.92 Å². The van der Waals surface area contributed by atoms with Crippen LogP contribution in [0.1, 0.15) is 45.4 Å². The predicted octanol–water partition coefficient (Wildman–Crippen LogP) is 1.69. The second-order valence-electron chi connectivity index (χ2n) is 4.36. The maximum absolute atomic E-state index is 11.9. The van der Waals surface area contributed by atoms with E-state index in [4.69, 9.17) is 6.42 Å². The largest absolute Gasteiger partial charge is 0.300 e. The molecule has 0 spiro atoms. The highest BCUT2D eigenvalue weighted by molar-refractivity contribution is 6.09. The summed E-state index contributed by atoms with van der Waals surface area (Å²) in [7, 11) is 0. The highest BCUT2D eigenvalue weighted by atomic mass is 16.2. The smallest absolute Gasteiger partial charge is 0.147 e. The monoisotopic (exact) mass is 220 g/mol. The van der Waals surface area contributed by atoms with Crippen molar-refractivity contribution < 1.29 is 14.4 Å². The number of carbonyl (C=O) groups excluding carboxylic acids is 3. The lowest BCUT2D eigenvalue weighted by Gasteiger charge is -2.32. The second-order valence-corrected chi connectivity index (χ2v) is 4.36. The molecule has 1 aliphatic rings. The Morgan fingerprint density at radius 3 is 2.38 bits per heavy atom. The molecule has 0 radical (unpaired) electrons. The molecule has 3 nitrogen and oxygen atoms in total. The first-order chi connectivity index (χ1) is 7.53. The van der Waals surface area contributed by atoms with Gasteiger partial charge in [0.05, 0.1) is 5.41 Å². The number of Topliss-reactive ketones (excluding diaryl/α,β-unsaturated/α-hetero) is 3. The van der Waals surface area contributed by atoms with Gasteiger partial charge in [-0.2, -0.15) is 0 Å². The Morgan fingerprint density at radius 2 is 1.94 bits per heavy atom. The zero-order valence-corrected chi connectivity index (χ0v) is 9.54. The Labute approximate surface area is 95.6 Å². The van der Waals surface area contributed by atoms with Crippen LogP contribution in [0.15, 0.2) is 0 Å². The van der Waals surface area contributed by atoms with E-state index in [0.717, 1.165) is 0 Å². The van der Waals surface area contributed by atoms with Crippen molar-refractivity contribution in [2.75, 3.05) is 0 Å². The fourth-order valence-electron chi connectivity index (χ4n) is 2.17. The van der Waals surface area contributed by atoms with E-state index in [2.05, 4.69) is 5.92 Å². The molecule has 0 aromatic rings. The van der Waals surface area contributed by atoms with Gasteiger partial charge in [-0.1, -0.05) is 0 Å². The Balaban J connectivity index is 2.92. The van der Waals surface area contributed by atoms with Gasteiger partial charge in [0.1, 0.15) is 17.3 Å². The molecule has 0 amide bonds. The molecule has 86 valence electrons. The number of ketones is 3. The van der Waals surface area contributed by atoms with Gasteiger partial charge in [0, 0.05) is 25.7 Å². The summed E-state index contributed by atoms with van der Waals surface area (Å²) in [6.45, 7) is 1.46. The maximum Gasteiger partial charge on any atom is 0.147 e. The molecule has 0 N–H and O–H groups in total. The molecule has 1 saturated carbocycles. The van der Waals surface area contributed by atoms with Gasteiger partial charge in [-0.25, -0.2) is 0 Å². The van der Waals surface area contributed by atoms with E-state index in [1.54, 1.807) is 0 Å². The normalized spacial score (nSPS) is 19.2. The Kier molecular flexibility index (Phi) is 4.00. The van der Waals surface area contributed by atoms with E-state index in [0.29, 0.717) is 19.3 Å². The lowest BCUT2D eigenvalue weighted by molar-refractivity contribution is -0.144. The highest BCUT2D eigenvalue weighted by Crippen LogP contribution is 2.37. The van der Waals surface area contributed by atoms with Crippen molar-refractivity contribution in [3.8, 4) is 12.3 Å². The molecule has 1 fully saturated rings. The minimum atomic E-state index is -1.06. The third-order valence-electron chi connectivity index (χ3n) is 3.18. The van der Waals surface area contributed by atoms with E-state index in [-0.39, 0.29) is 36.6 Å². The first-order valence-electron chi connectivity index (χ1n) is 5.52. The molecule has 0 heterocycles. The SMILES string of the molecule is C#CCC1(CCC(C)=O)C(=O)CCCC1=O. The van der Waals surface area contributed by atoms with Crippen molar-refractivity contribution in [3.05, 3.63) is 0 Å². The van der Waals surface area contributed by atoms with E-state index in [9.17, 15) is 14.4 Å². The maximum atomic E-state index is 11.9. The molecule has 1 aliphatic carbocycles. The third kappa shape index (κ3) is 2.38.